The Labute approximate surface area is 104 Å². The van der Waals surface area contributed by atoms with Crippen LogP contribution in [0.2, 0.25) is 0 Å². The van der Waals surface area contributed by atoms with Crippen LogP contribution >= 0.6 is 0 Å². The Morgan fingerprint density at radius 3 is 2.72 bits per heavy atom. The molecule has 3 N–H and O–H groups in total. The van der Waals surface area contributed by atoms with Gasteiger partial charge in [-0.05, 0) is 24.6 Å². The van der Waals surface area contributed by atoms with Gasteiger partial charge in [-0.25, -0.2) is 4.79 Å². The summed E-state index contributed by atoms with van der Waals surface area (Å²) in [5.74, 6) is 1.20. The first-order chi connectivity index (χ1) is 8.63. The molecular formula is C12H13N3O3. The number of rotatable bonds is 3. The Bertz CT molecular complexity index is 534. The summed E-state index contributed by atoms with van der Waals surface area (Å²) >= 11 is 0. The zero-order valence-electron chi connectivity index (χ0n) is 9.80. The number of benzene rings is 1. The van der Waals surface area contributed by atoms with Crippen LogP contribution in [0.25, 0.3) is 0 Å². The number of aromatic nitrogens is 1. The van der Waals surface area contributed by atoms with Crippen molar-refractivity contribution in [2.24, 2.45) is 0 Å². The van der Waals surface area contributed by atoms with Crippen molar-refractivity contribution in [2.45, 2.75) is 13.5 Å². The summed E-state index contributed by atoms with van der Waals surface area (Å²) in [6, 6.07) is 7.86. The molecule has 0 aliphatic heterocycles. The van der Waals surface area contributed by atoms with Gasteiger partial charge in [0.25, 0.3) is 0 Å². The Morgan fingerprint density at radius 1 is 1.39 bits per heavy atom. The predicted molar refractivity (Wildman–Crippen MR) is 65.2 cm³/mol. The van der Waals surface area contributed by atoms with Gasteiger partial charge in [0.2, 0.25) is 0 Å². The number of hydrogen-bond acceptors (Lipinski definition) is 4. The van der Waals surface area contributed by atoms with Gasteiger partial charge in [-0.15, -0.1) is 0 Å². The molecular weight excluding hydrogens is 234 g/mol. The molecule has 0 radical (unpaired) electrons. The molecule has 0 aliphatic rings. The molecule has 1 heterocycles. The van der Waals surface area contributed by atoms with Crippen LogP contribution in [0.5, 0.6) is 5.75 Å². The number of nitrogens with zero attached hydrogens (tertiary/aromatic N) is 1. The second-order valence-electron chi connectivity index (χ2n) is 3.80. The average molecular weight is 247 g/mol. The second kappa shape index (κ2) is 5.22. The molecule has 0 saturated carbocycles. The summed E-state index contributed by atoms with van der Waals surface area (Å²) < 4.78 is 4.82. The van der Waals surface area contributed by atoms with Crippen molar-refractivity contribution in [1.82, 2.24) is 10.5 Å². The molecule has 0 atom stereocenters. The fourth-order valence-corrected chi connectivity index (χ4v) is 1.38. The summed E-state index contributed by atoms with van der Waals surface area (Å²) in [7, 11) is 0. The average Bonchev–Trinajstić information content (AvgIpc) is 2.74. The van der Waals surface area contributed by atoms with E-state index >= 15 is 0 Å². The topological polar surface area (TPSA) is 87.4 Å². The SMILES string of the molecule is Cc1cc(NC(=O)NCc2ccc(O)cc2)no1. The zero-order valence-corrected chi connectivity index (χ0v) is 9.80. The molecule has 1 aromatic heterocycles. The molecule has 2 aromatic rings. The number of anilines is 1. The Hall–Kier alpha value is -2.50. The Balaban J connectivity index is 1.83. The highest BCUT2D eigenvalue weighted by Gasteiger charge is 2.05. The maximum Gasteiger partial charge on any atom is 0.320 e. The third-order valence-electron chi connectivity index (χ3n) is 2.26. The van der Waals surface area contributed by atoms with Crippen molar-refractivity contribution >= 4 is 11.8 Å². The highest BCUT2D eigenvalue weighted by Crippen LogP contribution is 2.09. The maximum atomic E-state index is 11.5. The maximum absolute atomic E-state index is 11.5. The van der Waals surface area contributed by atoms with Crippen LogP contribution in [0, 0.1) is 6.92 Å². The summed E-state index contributed by atoms with van der Waals surface area (Å²) in [4.78, 5) is 11.5. The first kappa shape index (κ1) is 12.0. The van der Waals surface area contributed by atoms with Crippen LogP contribution in [0.4, 0.5) is 10.6 Å². The number of carbonyl (C=O) groups is 1. The van der Waals surface area contributed by atoms with Crippen LogP contribution in [-0.2, 0) is 6.54 Å². The van der Waals surface area contributed by atoms with Crippen LogP contribution < -0.4 is 10.6 Å². The largest absolute Gasteiger partial charge is 0.508 e. The minimum absolute atomic E-state index is 0.196. The van der Waals surface area contributed by atoms with Crippen LogP contribution in [0.3, 0.4) is 0 Å². The van der Waals surface area contributed by atoms with Crippen molar-refractivity contribution in [3.05, 3.63) is 41.7 Å². The molecule has 0 aliphatic carbocycles. The zero-order chi connectivity index (χ0) is 13.0. The lowest BCUT2D eigenvalue weighted by molar-refractivity contribution is 0.251. The molecule has 6 heteroatoms. The molecule has 94 valence electrons. The van der Waals surface area contributed by atoms with Gasteiger partial charge in [0.1, 0.15) is 11.5 Å². The number of carbonyl (C=O) groups excluding carboxylic acids is 1. The smallest absolute Gasteiger partial charge is 0.320 e. The standard InChI is InChI=1S/C12H13N3O3/c1-8-6-11(15-18-8)14-12(17)13-7-9-2-4-10(16)5-3-9/h2-6,16H,7H2,1H3,(H2,13,14,15,17). The molecule has 2 amide bonds. The number of nitrogens with one attached hydrogen (secondary N) is 2. The van der Waals surface area contributed by atoms with E-state index in [4.69, 9.17) is 9.63 Å². The molecule has 0 saturated heterocycles. The second-order valence-corrected chi connectivity index (χ2v) is 3.80. The summed E-state index contributed by atoms with van der Waals surface area (Å²) in [6.45, 7) is 2.11. The predicted octanol–water partition coefficient (Wildman–Crippen LogP) is 2.01. The van der Waals surface area contributed by atoms with E-state index in [-0.39, 0.29) is 11.8 Å². The van der Waals surface area contributed by atoms with Crippen molar-refractivity contribution in [1.29, 1.82) is 0 Å². The van der Waals surface area contributed by atoms with Crippen molar-refractivity contribution in [2.75, 3.05) is 5.32 Å². The third-order valence-corrected chi connectivity index (χ3v) is 2.26. The third kappa shape index (κ3) is 3.24. The summed E-state index contributed by atoms with van der Waals surface area (Å²) in [5, 5.41) is 18.0. The van der Waals surface area contributed by atoms with E-state index in [0.29, 0.717) is 18.1 Å². The molecule has 0 unspecified atom stereocenters. The van der Waals surface area contributed by atoms with Crippen LogP contribution in [0.1, 0.15) is 11.3 Å². The number of aromatic hydroxyl groups is 1. The van der Waals surface area contributed by atoms with Gasteiger partial charge in [-0.2, -0.15) is 0 Å². The van der Waals surface area contributed by atoms with Gasteiger partial charge in [0.15, 0.2) is 5.82 Å². The lowest BCUT2D eigenvalue weighted by atomic mass is 10.2. The van der Waals surface area contributed by atoms with Crippen LogP contribution in [0.15, 0.2) is 34.9 Å². The number of phenolic OH excluding ortho intramolecular Hbond substituents is 1. The number of hydrogen-bond donors (Lipinski definition) is 3. The van der Waals surface area contributed by atoms with Crippen molar-refractivity contribution in [3.63, 3.8) is 0 Å². The van der Waals surface area contributed by atoms with E-state index in [9.17, 15) is 4.79 Å². The summed E-state index contributed by atoms with van der Waals surface area (Å²) in [6.07, 6.45) is 0. The van der Waals surface area contributed by atoms with Crippen LogP contribution in [-0.4, -0.2) is 16.3 Å². The number of amides is 2. The fraction of sp³-hybridized carbons (Fsp3) is 0.167. The van der Waals surface area contributed by atoms with Crippen molar-refractivity contribution in [3.8, 4) is 5.75 Å². The minimum Gasteiger partial charge on any atom is -0.508 e. The first-order valence-electron chi connectivity index (χ1n) is 5.39. The van der Waals surface area contributed by atoms with E-state index < -0.39 is 0 Å². The van der Waals surface area contributed by atoms with Gasteiger partial charge in [-0.3, -0.25) is 5.32 Å². The fourth-order valence-electron chi connectivity index (χ4n) is 1.38. The molecule has 0 spiro atoms. The van der Waals surface area contributed by atoms with E-state index in [1.807, 2.05) is 0 Å². The van der Waals surface area contributed by atoms with Gasteiger partial charge in [0.05, 0.1) is 0 Å². The highest BCUT2D eigenvalue weighted by molar-refractivity contribution is 5.88. The normalized spacial score (nSPS) is 10.1. The van der Waals surface area contributed by atoms with Crippen molar-refractivity contribution < 1.29 is 14.4 Å². The van der Waals surface area contributed by atoms with Gasteiger partial charge in [-0.1, -0.05) is 17.3 Å². The highest BCUT2D eigenvalue weighted by atomic mass is 16.5. The van der Waals surface area contributed by atoms with Gasteiger partial charge >= 0.3 is 6.03 Å². The lowest BCUT2D eigenvalue weighted by Gasteiger charge is -2.05. The van der Waals surface area contributed by atoms with E-state index in [1.54, 1.807) is 37.3 Å². The Morgan fingerprint density at radius 2 is 2.11 bits per heavy atom. The quantitative estimate of drug-likeness (QED) is 0.774. The van der Waals surface area contributed by atoms with Gasteiger partial charge in [0, 0.05) is 12.6 Å². The van der Waals surface area contributed by atoms with E-state index in [1.165, 1.54) is 0 Å². The number of aryl methyl sites for hydroxylation is 1. The molecule has 0 bridgehead atoms. The number of urea groups is 1. The monoisotopic (exact) mass is 247 g/mol. The minimum atomic E-state index is -0.364. The molecule has 0 fully saturated rings. The molecule has 2 rings (SSSR count). The van der Waals surface area contributed by atoms with Gasteiger partial charge < -0.3 is 14.9 Å². The van der Waals surface area contributed by atoms with E-state index in [0.717, 1.165) is 5.56 Å². The summed E-state index contributed by atoms with van der Waals surface area (Å²) in [5.41, 5.74) is 0.888. The lowest BCUT2D eigenvalue weighted by Crippen LogP contribution is -2.28. The molecule has 1 aromatic carbocycles. The molecule has 6 nitrogen and oxygen atoms in total. The Kier molecular flexibility index (Phi) is 3.47. The first-order valence-corrected chi connectivity index (χ1v) is 5.39. The molecule has 18 heavy (non-hydrogen) atoms. The number of phenols is 1. The van der Waals surface area contributed by atoms with E-state index in [2.05, 4.69) is 15.8 Å².